The minimum absolute atomic E-state index is 0.0425. The first-order valence-corrected chi connectivity index (χ1v) is 14.9. The molecule has 6 nitrogen and oxygen atoms in total. The number of nitrogens with zero attached hydrogens (tertiary/aromatic N) is 1. The van der Waals surface area contributed by atoms with Crippen LogP contribution >= 0.6 is 23.2 Å². The number of hydrogen-bond acceptors (Lipinski definition) is 5. The van der Waals surface area contributed by atoms with Crippen molar-refractivity contribution in [2.45, 2.75) is 69.9 Å². The van der Waals surface area contributed by atoms with Gasteiger partial charge in [0, 0.05) is 36.3 Å². The highest BCUT2D eigenvalue weighted by molar-refractivity contribution is 6.31. The number of likely N-dealkylation sites (tertiary alicyclic amines) is 1. The lowest BCUT2D eigenvalue weighted by Gasteiger charge is -2.39. The van der Waals surface area contributed by atoms with Gasteiger partial charge in [0.15, 0.2) is 0 Å². The van der Waals surface area contributed by atoms with E-state index in [2.05, 4.69) is 41.6 Å². The van der Waals surface area contributed by atoms with Crippen molar-refractivity contribution >= 4 is 41.1 Å². The maximum Gasteiger partial charge on any atom is 0.237 e. The second-order valence-electron chi connectivity index (χ2n) is 12.3. The smallest absolute Gasteiger partial charge is 0.237 e. The number of benzene rings is 2. The molecule has 3 N–H and O–H groups in total. The third kappa shape index (κ3) is 6.48. The van der Waals surface area contributed by atoms with Crippen LogP contribution in [0.4, 0.5) is 10.1 Å². The number of amides is 1. The van der Waals surface area contributed by atoms with Gasteiger partial charge in [0.25, 0.3) is 0 Å². The molecule has 4 unspecified atom stereocenters. The van der Waals surface area contributed by atoms with Gasteiger partial charge in [0.05, 0.1) is 16.5 Å². The van der Waals surface area contributed by atoms with Gasteiger partial charge in [-0.25, -0.2) is 4.39 Å². The molecule has 2 aromatic carbocycles. The molecule has 4 rings (SSSR count). The van der Waals surface area contributed by atoms with E-state index in [1.807, 2.05) is 12.1 Å². The lowest BCUT2D eigenvalue weighted by molar-refractivity contribution is -0.123. The Morgan fingerprint density at radius 2 is 1.93 bits per heavy atom. The summed E-state index contributed by atoms with van der Waals surface area (Å²) in [6.07, 6.45) is 4.75. The van der Waals surface area contributed by atoms with E-state index in [9.17, 15) is 9.59 Å². The van der Waals surface area contributed by atoms with E-state index < -0.39 is 29.2 Å². The van der Waals surface area contributed by atoms with Crippen molar-refractivity contribution in [1.82, 2.24) is 15.5 Å². The average molecular weight is 592 g/mol. The van der Waals surface area contributed by atoms with Crippen LogP contribution in [0.15, 0.2) is 36.4 Å². The first-order chi connectivity index (χ1) is 19.0. The summed E-state index contributed by atoms with van der Waals surface area (Å²) in [5.41, 5.74) is 0.245. The van der Waals surface area contributed by atoms with Gasteiger partial charge in [0.2, 0.25) is 5.91 Å². The van der Waals surface area contributed by atoms with Gasteiger partial charge < -0.3 is 25.6 Å². The quantitative estimate of drug-likeness (QED) is 0.242. The Labute approximate surface area is 247 Å². The molecule has 2 aliphatic heterocycles. The summed E-state index contributed by atoms with van der Waals surface area (Å²) >= 11 is 12.6. The van der Waals surface area contributed by atoms with E-state index in [0.717, 1.165) is 37.9 Å². The van der Waals surface area contributed by atoms with Crippen molar-refractivity contribution in [3.8, 4) is 0 Å². The fourth-order valence-corrected chi connectivity index (χ4v) is 6.86. The SMILES string of the molecule is CNc1cc(Cl)c(F)cc1C1(C=O)C(CC(C)(C)C)NC(C(=O)NCCCN2CCCC2)C1c1cccc(Cl)c1. The highest BCUT2D eigenvalue weighted by atomic mass is 35.5. The van der Waals surface area contributed by atoms with Gasteiger partial charge in [-0.1, -0.05) is 56.1 Å². The Morgan fingerprint density at radius 3 is 2.55 bits per heavy atom. The molecule has 0 bridgehead atoms. The number of anilines is 1. The van der Waals surface area contributed by atoms with Gasteiger partial charge in [-0.2, -0.15) is 0 Å². The van der Waals surface area contributed by atoms with Crippen LogP contribution in [-0.2, 0) is 15.0 Å². The number of rotatable bonds is 10. The lowest BCUT2D eigenvalue weighted by Crippen LogP contribution is -2.47. The molecule has 2 fully saturated rings. The van der Waals surface area contributed by atoms with Crippen molar-refractivity contribution < 1.29 is 14.0 Å². The van der Waals surface area contributed by atoms with Crippen molar-refractivity contribution in [3.05, 3.63) is 63.4 Å². The number of nitrogens with one attached hydrogen (secondary N) is 3. The normalized spacial score (nSPS) is 25.2. The monoisotopic (exact) mass is 590 g/mol. The zero-order valence-electron chi connectivity index (χ0n) is 23.8. The molecule has 0 aliphatic carbocycles. The third-order valence-electron chi connectivity index (χ3n) is 8.25. The lowest BCUT2D eigenvalue weighted by atomic mass is 9.62. The Kier molecular flexibility index (Phi) is 9.82. The molecule has 4 atom stereocenters. The van der Waals surface area contributed by atoms with Gasteiger partial charge >= 0.3 is 0 Å². The molecule has 40 heavy (non-hydrogen) atoms. The van der Waals surface area contributed by atoms with Crippen LogP contribution in [0.2, 0.25) is 10.0 Å². The van der Waals surface area contributed by atoms with E-state index in [4.69, 9.17) is 23.2 Å². The molecule has 2 heterocycles. The topological polar surface area (TPSA) is 73.5 Å². The Hall–Kier alpha value is -2.19. The number of hydrogen-bond donors (Lipinski definition) is 3. The summed E-state index contributed by atoms with van der Waals surface area (Å²) in [4.78, 5) is 29.8. The number of aldehydes is 1. The van der Waals surface area contributed by atoms with Crippen LogP contribution in [0.5, 0.6) is 0 Å². The fourth-order valence-electron chi connectivity index (χ4n) is 6.50. The molecule has 218 valence electrons. The van der Waals surface area contributed by atoms with Crippen molar-refractivity contribution in [2.75, 3.05) is 38.5 Å². The van der Waals surface area contributed by atoms with Gasteiger partial charge in [-0.3, -0.25) is 4.79 Å². The van der Waals surface area contributed by atoms with Crippen LogP contribution in [0, 0.1) is 11.2 Å². The zero-order chi connectivity index (χ0) is 29.1. The molecule has 9 heteroatoms. The molecule has 0 spiro atoms. The molecule has 0 radical (unpaired) electrons. The van der Waals surface area contributed by atoms with E-state index in [1.54, 1.807) is 19.2 Å². The highest BCUT2D eigenvalue weighted by Crippen LogP contribution is 2.52. The van der Waals surface area contributed by atoms with Crippen molar-refractivity contribution in [1.29, 1.82) is 0 Å². The summed E-state index contributed by atoms with van der Waals surface area (Å²) < 4.78 is 15.1. The summed E-state index contributed by atoms with van der Waals surface area (Å²) in [6.45, 7) is 9.96. The number of halogens is 3. The highest BCUT2D eigenvalue weighted by Gasteiger charge is 2.60. The Balaban J connectivity index is 1.80. The first-order valence-electron chi connectivity index (χ1n) is 14.2. The molecule has 1 amide bonds. The summed E-state index contributed by atoms with van der Waals surface area (Å²) in [5, 5.41) is 10.2. The molecule has 0 aromatic heterocycles. The van der Waals surface area contributed by atoms with Gasteiger partial charge in [-0.15, -0.1) is 0 Å². The fraction of sp³-hybridized carbons (Fsp3) is 0.548. The minimum Gasteiger partial charge on any atom is -0.388 e. The molecular weight excluding hydrogens is 550 g/mol. The van der Waals surface area contributed by atoms with Gasteiger partial charge in [0.1, 0.15) is 12.1 Å². The van der Waals surface area contributed by atoms with Crippen LogP contribution in [0.25, 0.3) is 0 Å². The first kappa shape index (κ1) is 30.8. The standard InChI is InChI=1S/C31H41Cl2FN4O2/c1-30(2,3)18-26-31(19-39,22-16-24(34)23(33)17-25(22)35-4)27(20-9-7-10-21(32)15-20)28(37-26)29(40)36-11-8-14-38-12-5-6-13-38/h7,9-10,15-17,19,26-28,35,37H,5-6,8,11-14,18H2,1-4H3,(H,36,40). The second kappa shape index (κ2) is 12.8. The van der Waals surface area contributed by atoms with E-state index in [-0.39, 0.29) is 16.3 Å². The van der Waals surface area contributed by atoms with Crippen LogP contribution in [0.1, 0.15) is 63.5 Å². The third-order valence-corrected chi connectivity index (χ3v) is 8.78. The summed E-state index contributed by atoms with van der Waals surface area (Å²) in [6, 6.07) is 8.89. The largest absolute Gasteiger partial charge is 0.388 e. The molecule has 0 saturated carbocycles. The summed E-state index contributed by atoms with van der Waals surface area (Å²) in [7, 11) is 1.71. The van der Waals surface area contributed by atoms with Crippen LogP contribution in [-0.4, -0.2) is 62.4 Å². The Bertz CT molecular complexity index is 1210. The van der Waals surface area contributed by atoms with Crippen LogP contribution < -0.4 is 16.0 Å². The predicted octanol–water partition coefficient (Wildman–Crippen LogP) is 5.77. The molecular formula is C31H41Cl2FN4O2. The average Bonchev–Trinajstić information content (AvgIpc) is 3.53. The van der Waals surface area contributed by atoms with E-state index >= 15 is 4.39 Å². The predicted molar refractivity (Wildman–Crippen MR) is 161 cm³/mol. The number of carbonyl (C=O) groups excluding carboxylic acids is 2. The van der Waals surface area contributed by atoms with Gasteiger partial charge in [-0.05, 0) is 86.1 Å². The molecule has 2 saturated heterocycles. The van der Waals surface area contributed by atoms with Crippen LogP contribution in [0.3, 0.4) is 0 Å². The maximum absolute atomic E-state index is 15.1. The second-order valence-corrected chi connectivity index (χ2v) is 13.1. The number of carbonyl (C=O) groups is 2. The molecule has 2 aliphatic rings. The van der Waals surface area contributed by atoms with Crippen molar-refractivity contribution in [2.24, 2.45) is 5.41 Å². The zero-order valence-corrected chi connectivity index (χ0v) is 25.3. The minimum atomic E-state index is -1.29. The van der Waals surface area contributed by atoms with E-state index in [1.165, 1.54) is 25.0 Å². The summed E-state index contributed by atoms with van der Waals surface area (Å²) in [5.74, 6) is -1.46. The molecule has 2 aromatic rings. The Morgan fingerprint density at radius 1 is 1.20 bits per heavy atom. The van der Waals surface area contributed by atoms with E-state index in [0.29, 0.717) is 29.2 Å². The van der Waals surface area contributed by atoms with Crippen molar-refractivity contribution in [3.63, 3.8) is 0 Å². The maximum atomic E-state index is 15.1.